The summed E-state index contributed by atoms with van der Waals surface area (Å²) in [5.41, 5.74) is 0. The van der Waals surface area contributed by atoms with Crippen LogP contribution in [0, 0.1) is 0 Å². The fourth-order valence-electron chi connectivity index (χ4n) is 1.58. The van der Waals surface area contributed by atoms with Crippen LogP contribution in [0.5, 0.6) is 0 Å². The summed E-state index contributed by atoms with van der Waals surface area (Å²) in [6.45, 7) is 11.9. The zero-order valence-corrected chi connectivity index (χ0v) is 11.6. The van der Waals surface area contributed by atoms with Gasteiger partial charge in [-0.1, -0.05) is 33.3 Å². The Morgan fingerprint density at radius 3 is 1.87 bits per heavy atom. The molecule has 0 aliphatic heterocycles. The second-order valence-corrected chi connectivity index (χ2v) is 7.16. The first-order valence-corrected chi connectivity index (χ1v) is 8.36. The number of allylic oxidation sites excluding steroid dienone is 1. The lowest BCUT2D eigenvalue weighted by atomic mass is 10.5. The van der Waals surface area contributed by atoms with Gasteiger partial charge in [-0.3, -0.25) is 0 Å². The van der Waals surface area contributed by atoms with Gasteiger partial charge in [-0.2, -0.15) is 0 Å². The molecule has 0 unspecified atom stereocenters. The second kappa shape index (κ2) is 9.13. The number of hydrogen-bond donors (Lipinski definition) is 0. The minimum atomic E-state index is -1.96. The van der Waals surface area contributed by atoms with E-state index in [1.807, 2.05) is 6.08 Å². The molecule has 90 valence electrons. The first-order valence-electron chi connectivity index (χ1n) is 6.13. The normalized spacial score (nSPS) is 11.7. The van der Waals surface area contributed by atoms with Crippen LogP contribution in [-0.4, -0.2) is 21.8 Å². The van der Waals surface area contributed by atoms with Crippen molar-refractivity contribution in [1.82, 2.24) is 0 Å². The Morgan fingerprint density at radius 1 is 1.00 bits per heavy atom. The average molecular weight is 230 g/mol. The molecule has 0 atom stereocenters. The highest BCUT2D eigenvalue weighted by Crippen LogP contribution is 2.22. The van der Waals surface area contributed by atoms with Crippen molar-refractivity contribution < 1.29 is 8.85 Å². The van der Waals surface area contributed by atoms with Crippen LogP contribution < -0.4 is 0 Å². The van der Waals surface area contributed by atoms with Crippen LogP contribution in [0.1, 0.15) is 40.0 Å². The van der Waals surface area contributed by atoms with E-state index in [0.29, 0.717) is 0 Å². The average Bonchev–Trinajstić information content (AvgIpc) is 2.24. The highest BCUT2D eigenvalue weighted by atomic mass is 28.4. The molecule has 0 fully saturated rings. The van der Waals surface area contributed by atoms with Crippen molar-refractivity contribution in [2.24, 2.45) is 0 Å². The lowest BCUT2D eigenvalue weighted by Crippen LogP contribution is -2.42. The summed E-state index contributed by atoms with van der Waals surface area (Å²) in [7, 11) is -1.96. The first-order chi connectivity index (χ1) is 7.24. The van der Waals surface area contributed by atoms with Crippen LogP contribution in [0.3, 0.4) is 0 Å². The van der Waals surface area contributed by atoms with E-state index >= 15 is 0 Å². The predicted molar refractivity (Wildman–Crippen MR) is 68.3 cm³/mol. The molecule has 0 aromatic rings. The van der Waals surface area contributed by atoms with Crippen molar-refractivity contribution in [2.45, 2.75) is 52.1 Å². The molecular weight excluding hydrogens is 204 g/mol. The SMILES string of the molecule is C=CC[Si](CCC)(OCCC)OCCC. The minimum Gasteiger partial charge on any atom is -0.394 e. The van der Waals surface area contributed by atoms with Crippen molar-refractivity contribution in [3.05, 3.63) is 12.7 Å². The first kappa shape index (κ1) is 14.9. The molecule has 0 saturated heterocycles. The predicted octanol–water partition coefficient (Wildman–Crippen LogP) is 3.88. The molecule has 0 aliphatic carbocycles. The fourth-order valence-corrected chi connectivity index (χ4v) is 4.75. The van der Waals surface area contributed by atoms with Crippen LogP contribution in [0.25, 0.3) is 0 Å². The summed E-state index contributed by atoms with van der Waals surface area (Å²) in [6, 6.07) is 2.00. The molecule has 0 N–H and O–H groups in total. The molecule has 0 radical (unpaired) electrons. The van der Waals surface area contributed by atoms with E-state index in [0.717, 1.165) is 44.6 Å². The Morgan fingerprint density at radius 2 is 1.53 bits per heavy atom. The fraction of sp³-hybridized carbons (Fsp3) is 0.833. The van der Waals surface area contributed by atoms with Gasteiger partial charge in [-0.15, -0.1) is 6.58 Å². The third kappa shape index (κ3) is 6.13. The summed E-state index contributed by atoms with van der Waals surface area (Å²) < 4.78 is 12.0. The van der Waals surface area contributed by atoms with Gasteiger partial charge in [0.05, 0.1) is 0 Å². The zero-order chi connectivity index (χ0) is 11.6. The quantitative estimate of drug-likeness (QED) is 0.419. The molecular formula is C12H26O2Si. The van der Waals surface area contributed by atoms with E-state index in [-0.39, 0.29) is 0 Å². The Hall–Kier alpha value is -0.123. The summed E-state index contributed by atoms with van der Waals surface area (Å²) in [4.78, 5) is 0. The van der Waals surface area contributed by atoms with Crippen LogP contribution in [0.15, 0.2) is 12.7 Å². The van der Waals surface area contributed by atoms with Crippen LogP contribution in [0.2, 0.25) is 12.1 Å². The molecule has 0 rings (SSSR count). The van der Waals surface area contributed by atoms with Crippen molar-refractivity contribution in [3.63, 3.8) is 0 Å². The van der Waals surface area contributed by atoms with Gasteiger partial charge in [0, 0.05) is 19.3 Å². The number of rotatable bonds is 10. The van der Waals surface area contributed by atoms with Crippen molar-refractivity contribution in [3.8, 4) is 0 Å². The maximum absolute atomic E-state index is 6.01. The maximum atomic E-state index is 6.01. The van der Waals surface area contributed by atoms with Gasteiger partial charge in [0.1, 0.15) is 0 Å². The molecule has 0 spiro atoms. The summed E-state index contributed by atoms with van der Waals surface area (Å²) in [6.07, 6.45) is 5.21. The maximum Gasteiger partial charge on any atom is 0.342 e. The Labute approximate surface area is 95.9 Å². The molecule has 15 heavy (non-hydrogen) atoms. The Bertz CT molecular complexity index is 152. The molecule has 0 heterocycles. The van der Waals surface area contributed by atoms with Gasteiger partial charge >= 0.3 is 8.56 Å². The van der Waals surface area contributed by atoms with Gasteiger partial charge in [-0.25, -0.2) is 0 Å². The van der Waals surface area contributed by atoms with E-state index in [2.05, 4.69) is 27.4 Å². The van der Waals surface area contributed by atoms with Gasteiger partial charge in [0.15, 0.2) is 0 Å². The van der Waals surface area contributed by atoms with Gasteiger partial charge < -0.3 is 8.85 Å². The molecule has 3 heteroatoms. The largest absolute Gasteiger partial charge is 0.394 e. The van der Waals surface area contributed by atoms with E-state index in [4.69, 9.17) is 8.85 Å². The summed E-state index contributed by atoms with van der Waals surface area (Å²) in [5, 5.41) is 0. The van der Waals surface area contributed by atoms with Crippen molar-refractivity contribution >= 4 is 8.56 Å². The monoisotopic (exact) mass is 230 g/mol. The highest BCUT2D eigenvalue weighted by molar-refractivity contribution is 6.67. The van der Waals surface area contributed by atoms with Crippen LogP contribution in [0.4, 0.5) is 0 Å². The zero-order valence-electron chi connectivity index (χ0n) is 10.6. The lowest BCUT2D eigenvalue weighted by Gasteiger charge is -2.29. The third-order valence-corrected chi connectivity index (χ3v) is 5.86. The molecule has 0 aliphatic rings. The van der Waals surface area contributed by atoms with Crippen molar-refractivity contribution in [1.29, 1.82) is 0 Å². The number of hydrogen-bond acceptors (Lipinski definition) is 2. The highest BCUT2D eigenvalue weighted by Gasteiger charge is 2.34. The molecule has 0 aromatic heterocycles. The van der Waals surface area contributed by atoms with E-state index in [9.17, 15) is 0 Å². The Balaban J connectivity index is 4.32. The van der Waals surface area contributed by atoms with E-state index in [1.165, 1.54) is 0 Å². The smallest absolute Gasteiger partial charge is 0.342 e. The minimum absolute atomic E-state index is 0.823. The topological polar surface area (TPSA) is 18.5 Å². The molecule has 0 bridgehead atoms. The third-order valence-electron chi connectivity index (χ3n) is 2.22. The lowest BCUT2D eigenvalue weighted by molar-refractivity contribution is 0.169. The van der Waals surface area contributed by atoms with Crippen LogP contribution in [-0.2, 0) is 8.85 Å². The molecule has 0 saturated carbocycles. The summed E-state index contributed by atoms with van der Waals surface area (Å²) >= 11 is 0. The van der Waals surface area contributed by atoms with Crippen molar-refractivity contribution in [2.75, 3.05) is 13.2 Å². The van der Waals surface area contributed by atoms with E-state index in [1.54, 1.807) is 0 Å². The Kier molecular flexibility index (Phi) is 9.05. The standard InChI is InChI=1S/C12H26O2Si/c1-5-9-13-15(11-7-3,12-8-4)14-10-6-2/h7H,3,5-6,8-12H2,1-2,4H3. The van der Waals surface area contributed by atoms with Crippen LogP contribution >= 0.6 is 0 Å². The van der Waals surface area contributed by atoms with E-state index < -0.39 is 8.56 Å². The van der Waals surface area contributed by atoms with Gasteiger partial charge in [0.2, 0.25) is 0 Å². The molecule has 0 amide bonds. The second-order valence-electron chi connectivity index (χ2n) is 3.85. The van der Waals surface area contributed by atoms with Gasteiger partial charge in [-0.05, 0) is 18.9 Å². The molecule has 0 aromatic carbocycles. The molecule has 2 nitrogen and oxygen atoms in total. The van der Waals surface area contributed by atoms with Gasteiger partial charge in [0.25, 0.3) is 0 Å². The summed E-state index contributed by atoms with van der Waals surface area (Å²) in [5.74, 6) is 0.